The normalized spacial score (nSPS) is 13.8. The third-order valence-electron chi connectivity index (χ3n) is 4.70. The largest absolute Gasteiger partial charge is 0.494 e. The Morgan fingerprint density at radius 1 is 1.28 bits per heavy atom. The van der Waals surface area contributed by atoms with Crippen LogP contribution in [-0.4, -0.2) is 47.7 Å². The van der Waals surface area contributed by atoms with Crippen LogP contribution in [0, 0.1) is 6.92 Å². The maximum atomic E-state index is 12.1. The number of carbonyl (C=O) groups excluding carboxylic acids is 1. The van der Waals surface area contributed by atoms with Gasteiger partial charge < -0.3 is 14.2 Å². The number of carbonyl (C=O) groups is 1. The molecule has 1 fully saturated rings. The lowest BCUT2D eigenvalue weighted by Gasteiger charge is -2.15. The minimum Gasteiger partial charge on any atom is -0.494 e. The summed E-state index contributed by atoms with van der Waals surface area (Å²) in [7, 11) is 1.60. The summed E-state index contributed by atoms with van der Waals surface area (Å²) in [4.78, 5) is 17.8. The van der Waals surface area contributed by atoms with Gasteiger partial charge in [0.05, 0.1) is 31.2 Å². The van der Waals surface area contributed by atoms with Crippen LogP contribution in [0.5, 0.6) is 11.5 Å². The Balaban J connectivity index is 1.94. The fraction of sp³-hybridized carbons (Fsp3) is 0.350. The molecule has 3 aromatic rings. The van der Waals surface area contributed by atoms with Crippen LogP contribution in [0.25, 0.3) is 16.6 Å². The van der Waals surface area contributed by atoms with Gasteiger partial charge in [-0.2, -0.15) is 0 Å². The van der Waals surface area contributed by atoms with Crippen molar-refractivity contribution in [2.75, 3.05) is 31.8 Å². The summed E-state index contributed by atoms with van der Waals surface area (Å²) in [5.74, 6) is 1.83. The maximum absolute atomic E-state index is 12.1. The Hall–Kier alpha value is -3.00. The molecule has 8 nitrogen and oxygen atoms in total. The first kappa shape index (κ1) is 19.3. The van der Waals surface area contributed by atoms with Gasteiger partial charge >= 0.3 is 6.09 Å². The predicted molar refractivity (Wildman–Crippen MR) is 110 cm³/mol. The molecule has 0 saturated carbocycles. The quantitative estimate of drug-likeness (QED) is 0.562. The molecule has 0 unspecified atom stereocenters. The lowest BCUT2D eigenvalue weighted by molar-refractivity contribution is 0.181. The number of fused-ring (bicyclic) bond motifs is 1. The highest BCUT2D eigenvalue weighted by atomic mass is 35.5. The standard InChI is InChI=1S/C20H21ClN4O4/c1-4-6-28-16-9-15(17(27-3)8-12(16)2)25-14-10-18(21)22-11-13(14)19(23-25)24-5-7-29-20(24)26/h8-11H,4-7H2,1-3H3. The second-order valence-corrected chi connectivity index (χ2v) is 7.05. The van der Waals surface area contributed by atoms with Crippen LogP contribution in [0.2, 0.25) is 5.15 Å². The number of halogens is 1. The Bertz CT molecular complexity index is 1080. The van der Waals surface area contributed by atoms with Crippen LogP contribution in [0.4, 0.5) is 10.6 Å². The second kappa shape index (κ2) is 7.79. The topological polar surface area (TPSA) is 78.7 Å². The van der Waals surface area contributed by atoms with Gasteiger partial charge in [-0.25, -0.2) is 14.5 Å². The zero-order valence-electron chi connectivity index (χ0n) is 16.4. The summed E-state index contributed by atoms with van der Waals surface area (Å²) in [6.45, 7) is 5.36. The van der Waals surface area contributed by atoms with E-state index < -0.39 is 6.09 Å². The molecule has 152 valence electrons. The first-order valence-corrected chi connectivity index (χ1v) is 9.71. The highest BCUT2D eigenvalue weighted by Gasteiger charge is 2.29. The molecule has 1 aliphatic heterocycles. The van der Waals surface area contributed by atoms with E-state index in [9.17, 15) is 4.79 Å². The zero-order valence-corrected chi connectivity index (χ0v) is 17.2. The number of aryl methyl sites for hydroxylation is 1. The minimum absolute atomic E-state index is 0.317. The Morgan fingerprint density at radius 3 is 2.79 bits per heavy atom. The van der Waals surface area contributed by atoms with Crippen molar-refractivity contribution in [2.45, 2.75) is 20.3 Å². The molecule has 0 aliphatic carbocycles. The van der Waals surface area contributed by atoms with Crippen molar-refractivity contribution < 1.29 is 19.0 Å². The average Bonchev–Trinajstić information content (AvgIpc) is 3.29. The van der Waals surface area contributed by atoms with Gasteiger partial charge in [0.15, 0.2) is 5.82 Å². The number of cyclic esters (lactones) is 1. The number of methoxy groups -OCH3 is 1. The molecule has 3 heterocycles. The minimum atomic E-state index is -0.436. The number of ether oxygens (including phenoxy) is 3. The van der Waals surface area contributed by atoms with Crippen LogP contribution >= 0.6 is 11.6 Å². The number of rotatable bonds is 6. The number of pyridine rings is 1. The molecule has 0 N–H and O–H groups in total. The van der Waals surface area contributed by atoms with E-state index in [1.165, 1.54) is 4.90 Å². The molecule has 1 saturated heterocycles. The van der Waals surface area contributed by atoms with Crippen molar-refractivity contribution in [3.63, 3.8) is 0 Å². The summed E-state index contributed by atoms with van der Waals surface area (Å²) in [5.41, 5.74) is 2.33. The van der Waals surface area contributed by atoms with Gasteiger partial charge in [0.1, 0.15) is 28.9 Å². The van der Waals surface area contributed by atoms with Crippen LogP contribution in [0.3, 0.4) is 0 Å². The smallest absolute Gasteiger partial charge is 0.415 e. The summed E-state index contributed by atoms with van der Waals surface area (Å²) >= 11 is 6.16. The second-order valence-electron chi connectivity index (χ2n) is 6.66. The Kier molecular flexibility index (Phi) is 5.19. The third kappa shape index (κ3) is 3.44. The Morgan fingerprint density at radius 2 is 2.10 bits per heavy atom. The van der Waals surface area contributed by atoms with Gasteiger partial charge in [-0.15, -0.1) is 5.10 Å². The van der Waals surface area contributed by atoms with E-state index in [4.69, 9.17) is 30.9 Å². The van der Waals surface area contributed by atoms with Gasteiger partial charge in [-0.05, 0) is 25.0 Å². The van der Waals surface area contributed by atoms with Crippen molar-refractivity contribution in [1.29, 1.82) is 0 Å². The molecule has 4 rings (SSSR count). The fourth-order valence-corrected chi connectivity index (χ4v) is 3.44. The third-order valence-corrected chi connectivity index (χ3v) is 4.90. The van der Waals surface area contributed by atoms with Crippen molar-refractivity contribution in [1.82, 2.24) is 14.8 Å². The number of benzene rings is 1. The summed E-state index contributed by atoms with van der Waals surface area (Å²) in [5, 5.41) is 5.71. The van der Waals surface area contributed by atoms with Crippen LogP contribution < -0.4 is 14.4 Å². The van der Waals surface area contributed by atoms with E-state index in [0.717, 1.165) is 17.7 Å². The molecule has 0 radical (unpaired) electrons. The predicted octanol–water partition coefficient (Wildman–Crippen LogP) is 4.14. The van der Waals surface area contributed by atoms with E-state index in [0.29, 0.717) is 53.1 Å². The zero-order chi connectivity index (χ0) is 20.5. The van der Waals surface area contributed by atoms with E-state index >= 15 is 0 Å². The monoisotopic (exact) mass is 416 g/mol. The molecular weight excluding hydrogens is 396 g/mol. The molecule has 0 atom stereocenters. The molecule has 0 spiro atoms. The molecule has 0 bridgehead atoms. The highest BCUT2D eigenvalue weighted by molar-refractivity contribution is 6.30. The molecule has 9 heteroatoms. The van der Waals surface area contributed by atoms with Crippen molar-refractivity contribution in [3.05, 3.63) is 35.1 Å². The van der Waals surface area contributed by atoms with Crippen LogP contribution in [0.1, 0.15) is 18.9 Å². The SMILES string of the molecule is CCCOc1cc(-n2nc(N3CCOC3=O)c3cnc(Cl)cc32)c(OC)cc1C. The number of hydrogen-bond donors (Lipinski definition) is 0. The van der Waals surface area contributed by atoms with Crippen LogP contribution in [0.15, 0.2) is 24.4 Å². The summed E-state index contributed by atoms with van der Waals surface area (Å²) in [6, 6.07) is 5.50. The Labute approximate surface area is 172 Å². The van der Waals surface area contributed by atoms with Gasteiger partial charge in [0, 0.05) is 18.3 Å². The highest BCUT2D eigenvalue weighted by Crippen LogP contribution is 2.36. The van der Waals surface area contributed by atoms with Gasteiger partial charge in [0.25, 0.3) is 0 Å². The van der Waals surface area contributed by atoms with E-state index in [2.05, 4.69) is 11.9 Å². The average molecular weight is 417 g/mol. The summed E-state index contributed by atoms with van der Waals surface area (Å²) in [6.07, 6.45) is 2.07. The maximum Gasteiger partial charge on any atom is 0.415 e. The molecule has 1 aromatic carbocycles. The van der Waals surface area contributed by atoms with Crippen molar-refractivity contribution >= 4 is 34.4 Å². The lowest BCUT2D eigenvalue weighted by Crippen LogP contribution is -2.24. The molecule has 1 amide bonds. The molecule has 1 aliphatic rings. The summed E-state index contributed by atoms with van der Waals surface area (Å²) < 4.78 is 18.3. The lowest BCUT2D eigenvalue weighted by atomic mass is 10.1. The van der Waals surface area contributed by atoms with Gasteiger partial charge in [-0.3, -0.25) is 4.90 Å². The van der Waals surface area contributed by atoms with Crippen molar-refractivity contribution in [3.8, 4) is 17.2 Å². The first-order chi connectivity index (χ1) is 14.0. The number of aromatic nitrogens is 3. The molecular formula is C20H21ClN4O4. The number of anilines is 1. The number of nitrogens with zero attached hydrogens (tertiary/aromatic N) is 4. The van der Waals surface area contributed by atoms with E-state index in [1.54, 1.807) is 24.1 Å². The number of hydrogen-bond acceptors (Lipinski definition) is 6. The van der Waals surface area contributed by atoms with Gasteiger partial charge in [-0.1, -0.05) is 18.5 Å². The van der Waals surface area contributed by atoms with Gasteiger partial charge in [0.2, 0.25) is 0 Å². The fourth-order valence-electron chi connectivity index (χ4n) is 3.29. The molecule has 29 heavy (non-hydrogen) atoms. The molecule has 2 aromatic heterocycles. The first-order valence-electron chi connectivity index (χ1n) is 9.33. The van der Waals surface area contributed by atoms with E-state index in [-0.39, 0.29) is 0 Å². The van der Waals surface area contributed by atoms with Crippen molar-refractivity contribution in [2.24, 2.45) is 0 Å². The number of amides is 1. The van der Waals surface area contributed by atoms with E-state index in [1.807, 2.05) is 19.1 Å². The van der Waals surface area contributed by atoms with Crippen LogP contribution in [-0.2, 0) is 4.74 Å².